The highest BCUT2D eigenvalue weighted by molar-refractivity contribution is 5.73. The molecule has 0 radical (unpaired) electrons. The Hall–Kier alpha value is -0.830. The van der Waals surface area contributed by atoms with E-state index in [1.807, 2.05) is 6.08 Å². The van der Waals surface area contributed by atoms with Gasteiger partial charge in [-0.1, -0.05) is 13.0 Å². The van der Waals surface area contributed by atoms with E-state index in [4.69, 9.17) is 5.11 Å². The molecule has 3 nitrogen and oxygen atoms in total. The van der Waals surface area contributed by atoms with Crippen LogP contribution in [0.4, 0.5) is 0 Å². The number of carboxylic acid groups (broad SMARTS) is 1. The van der Waals surface area contributed by atoms with Crippen LogP contribution in [0, 0.1) is 5.41 Å². The van der Waals surface area contributed by atoms with Crippen molar-refractivity contribution in [1.82, 2.24) is 5.32 Å². The molecular weight excluding hydrogens is 202 g/mol. The molecule has 0 saturated heterocycles. The molecule has 3 heteroatoms. The summed E-state index contributed by atoms with van der Waals surface area (Å²) in [5, 5.41) is 12.4. The minimum Gasteiger partial charge on any atom is -0.481 e. The normalized spacial score (nSPS) is 13.4. The molecule has 0 aliphatic carbocycles. The number of allylic oxidation sites excluding steroid dienone is 1. The van der Waals surface area contributed by atoms with Gasteiger partial charge in [-0.05, 0) is 46.1 Å². The van der Waals surface area contributed by atoms with Gasteiger partial charge >= 0.3 is 5.97 Å². The molecule has 1 unspecified atom stereocenters. The summed E-state index contributed by atoms with van der Waals surface area (Å²) in [4.78, 5) is 10.9. The second-order valence-electron chi connectivity index (χ2n) is 4.86. The van der Waals surface area contributed by atoms with Crippen LogP contribution in [0.25, 0.3) is 0 Å². The van der Waals surface area contributed by atoms with Gasteiger partial charge in [-0.2, -0.15) is 0 Å². The fourth-order valence-corrected chi connectivity index (χ4v) is 1.47. The smallest absolute Gasteiger partial charge is 0.309 e. The summed E-state index contributed by atoms with van der Waals surface area (Å²) in [6.45, 7) is 10.1. The van der Waals surface area contributed by atoms with Crippen molar-refractivity contribution >= 4 is 5.97 Å². The predicted molar refractivity (Wildman–Crippen MR) is 67.5 cm³/mol. The molecule has 0 aromatic heterocycles. The van der Waals surface area contributed by atoms with Crippen molar-refractivity contribution in [3.05, 3.63) is 12.7 Å². The molecule has 0 aliphatic rings. The molecule has 16 heavy (non-hydrogen) atoms. The number of carboxylic acids is 1. The van der Waals surface area contributed by atoms with Crippen LogP contribution in [-0.4, -0.2) is 23.7 Å². The fraction of sp³-hybridized carbons (Fsp3) is 0.769. The van der Waals surface area contributed by atoms with E-state index in [1.54, 1.807) is 13.8 Å². The molecule has 0 saturated carbocycles. The topological polar surface area (TPSA) is 49.3 Å². The molecule has 0 rings (SSSR count). The quantitative estimate of drug-likeness (QED) is 0.595. The van der Waals surface area contributed by atoms with Crippen LogP contribution in [-0.2, 0) is 4.79 Å². The standard InChI is InChI=1S/C13H25NO2/c1-5-7-8-11(6-2)14-10-9-13(3,4)12(15)16/h5,11,14H,1,6-10H2,2-4H3,(H,15,16). The Balaban J connectivity index is 3.85. The predicted octanol–water partition coefficient (Wildman–Crippen LogP) is 2.82. The number of aliphatic carboxylic acids is 1. The van der Waals surface area contributed by atoms with E-state index < -0.39 is 11.4 Å². The molecule has 0 aromatic rings. The average Bonchev–Trinajstić information content (AvgIpc) is 2.22. The van der Waals surface area contributed by atoms with Crippen LogP contribution < -0.4 is 5.32 Å². The highest BCUT2D eigenvalue weighted by atomic mass is 16.4. The average molecular weight is 227 g/mol. The van der Waals surface area contributed by atoms with Crippen LogP contribution in [0.1, 0.15) is 46.5 Å². The highest BCUT2D eigenvalue weighted by Gasteiger charge is 2.26. The highest BCUT2D eigenvalue weighted by Crippen LogP contribution is 2.19. The lowest BCUT2D eigenvalue weighted by molar-refractivity contribution is -0.147. The zero-order valence-electron chi connectivity index (χ0n) is 10.8. The van der Waals surface area contributed by atoms with Gasteiger partial charge in [0.25, 0.3) is 0 Å². The minimum atomic E-state index is -0.728. The van der Waals surface area contributed by atoms with Crippen molar-refractivity contribution in [2.75, 3.05) is 6.54 Å². The van der Waals surface area contributed by atoms with Crippen molar-refractivity contribution < 1.29 is 9.90 Å². The monoisotopic (exact) mass is 227 g/mol. The second-order valence-corrected chi connectivity index (χ2v) is 4.86. The second kappa shape index (κ2) is 7.44. The summed E-state index contributed by atoms with van der Waals surface area (Å²) >= 11 is 0. The largest absolute Gasteiger partial charge is 0.481 e. The molecule has 0 aliphatic heterocycles. The first-order valence-corrected chi connectivity index (χ1v) is 6.01. The molecule has 0 amide bonds. The molecule has 0 bridgehead atoms. The SMILES string of the molecule is C=CCCC(CC)NCCC(C)(C)C(=O)O. The Labute approximate surface area is 98.9 Å². The molecule has 0 aromatic carbocycles. The van der Waals surface area contributed by atoms with Gasteiger partial charge in [0.1, 0.15) is 0 Å². The van der Waals surface area contributed by atoms with Gasteiger partial charge in [0.15, 0.2) is 0 Å². The maximum atomic E-state index is 10.9. The Morgan fingerprint density at radius 2 is 2.19 bits per heavy atom. The van der Waals surface area contributed by atoms with Crippen molar-refractivity contribution in [3.8, 4) is 0 Å². The van der Waals surface area contributed by atoms with Crippen LogP contribution in [0.3, 0.4) is 0 Å². The van der Waals surface area contributed by atoms with Gasteiger partial charge in [-0.15, -0.1) is 6.58 Å². The Bertz CT molecular complexity index is 224. The fourth-order valence-electron chi connectivity index (χ4n) is 1.47. The Morgan fingerprint density at radius 1 is 1.56 bits per heavy atom. The van der Waals surface area contributed by atoms with Crippen LogP contribution >= 0.6 is 0 Å². The van der Waals surface area contributed by atoms with E-state index in [0.29, 0.717) is 12.5 Å². The molecule has 2 N–H and O–H groups in total. The van der Waals surface area contributed by atoms with Crippen LogP contribution in [0.2, 0.25) is 0 Å². The summed E-state index contributed by atoms with van der Waals surface area (Å²) in [7, 11) is 0. The Morgan fingerprint density at radius 3 is 2.62 bits per heavy atom. The molecule has 1 atom stereocenters. The number of nitrogens with one attached hydrogen (secondary N) is 1. The van der Waals surface area contributed by atoms with E-state index >= 15 is 0 Å². The van der Waals surface area contributed by atoms with Gasteiger partial charge in [0.2, 0.25) is 0 Å². The first kappa shape index (κ1) is 15.2. The van der Waals surface area contributed by atoms with Crippen LogP contribution in [0.5, 0.6) is 0 Å². The molecule has 0 fully saturated rings. The first-order valence-electron chi connectivity index (χ1n) is 6.01. The van der Waals surface area contributed by atoms with E-state index in [1.165, 1.54) is 0 Å². The van der Waals surface area contributed by atoms with Crippen molar-refractivity contribution in [1.29, 1.82) is 0 Å². The summed E-state index contributed by atoms with van der Waals surface area (Å²) in [6, 6.07) is 0.475. The third-order valence-electron chi connectivity index (χ3n) is 2.97. The molecular formula is C13H25NO2. The summed E-state index contributed by atoms with van der Waals surface area (Å²) in [6.07, 6.45) is 5.74. The first-order chi connectivity index (χ1) is 7.44. The van der Waals surface area contributed by atoms with Gasteiger partial charge in [0, 0.05) is 6.04 Å². The van der Waals surface area contributed by atoms with Crippen LogP contribution in [0.15, 0.2) is 12.7 Å². The van der Waals surface area contributed by atoms with Crippen molar-refractivity contribution in [3.63, 3.8) is 0 Å². The zero-order valence-corrected chi connectivity index (χ0v) is 10.8. The molecule has 0 spiro atoms. The maximum absolute atomic E-state index is 10.9. The molecule has 0 heterocycles. The summed E-state index contributed by atoms with van der Waals surface area (Å²) in [5.74, 6) is -0.728. The Kier molecular flexibility index (Phi) is 7.06. The van der Waals surface area contributed by atoms with Gasteiger partial charge in [-0.25, -0.2) is 0 Å². The summed E-state index contributed by atoms with van der Waals surface area (Å²) < 4.78 is 0. The lowest BCUT2D eigenvalue weighted by atomic mass is 9.89. The van der Waals surface area contributed by atoms with E-state index in [-0.39, 0.29) is 0 Å². The van der Waals surface area contributed by atoms with Crippen molar-refractivity contribution in [2.24, 2.45) is 5.41 Å². The number of rotatable bonds is 9. The maximum Gasteiger partial charge on any atom is 0.309 e. The number of carbonyl (C=O) groups is 1. The molecule has 94 valence electrons. The van der Waals surface area contributed by atoms with E-state index in [2.05, 4.69) is 18.8 Å². The van der Waals surface area contributed by atoms with Crippen molar-refractivity contribution in [2.45, 2.75) is 52.5 Å². The zero-order chi connectivity index (χ0) is 12.6. The van der Waals surface area contributed by atoms with Gasteiger partial charge in [0.05, 0.1) is 5.41 Å². The van der Waals surface area contributed by atoms with Gasteiger partial charge in [-0.3, -0.25) is 4.79 Å². The third kappa shape index (κ3) is 5.91. The van der Waals surface area contributed by atoms with E-state index in [0.717, 1.165) is 25.8 Å². The number of hydrogen-bond donors (Lipinski definition) is 2. The third-order valence-corrected chi connectivity index (χ3v) is 2.97. The minimum absolute atomic E-state index is 0.475. The van der Waals surface area contributed by atoms with Gasteiger partial charge < -0.3 is 10.4 Å². The lowest BCUT2D eigenvalue weighted by Crippen LogP contribution is -2.34. The van der Waals surface area contributed by atoms with E-state index in [9.17, 15) is 4.79 Å². The lowest BCUT2D eigenvalue weighted by Gasteiger charge is -2.22. The summed E-state index contributed by atoms with van der Waals surface area (Å²) in [5.41, 5.74) is -0.635. The number of hydrogen-bond acceptors (Lipinski definition) is 2.